The van der Waals surface area contributed by atoms with Crippen LogP contribution in [0.3, 0.4) is 0 Å². The number of amides is 2. The van der Waals surface area contributed by atoms with Gasteiger partial charge in [0.25, 0.3) is 5.91 Å². The highest BCUT2D eigenvalue weighted by Gasteiger charge is 2.10. The average molecular weight is 436 g/mol. The Hall–Kier alpha value is -2.42. The topological polar surface area (TPSA) is 80.3 Å². The molecule has 0 atom stereocenters. The molecule has 6 nitrogen and oxygen atoms in total. The number of carbonyl (C=O) groups is 2. The number of halogens is 1. The second-order valence-electron chi connectivity index (χ2n) is 5.81. The van der Waals surface area contributed by atoms with E-state index in [1.165, 1.54) is 22.7 Å². The first-order valence-corrected chi connectivity index (χ1v) is 10.7. The van der Waals surface area contributed by atoms with Gasteiger partial charge in [0.15, 0.2) is 5.13 Å². The summed E-state index contributed by atoms with van der Waals surface area (Å²) in [6.07, 6.45) is 0.848. The monoisotopic (exact) mass is 435 g/mol. The molecule has 0 aliphatic heterocycles. The lowest BCUT2D eigenvalue weighted by atomic mass is 10.2. The van der Waals surface area contributed by atoms with E-state index >= 15 is 0 Å². The third-order valence-corrected chi connectivity index (χ3v) is 5.58. The van der Waals surface area contributed by atoms with Gasteiger partial charge in [-0.2, -0.15) is 11.3 Å². The minimum atomic E-state index is -0.140. The fraction of sp³-hybridized carbons (Fsp3) is 0.211. The van der Waals surface area contributed by atoms with Crippen LogP contribution in [0.2, 0.25) is 5.02 Å². The molecular weight excluding hydrogens is 418 g/mol. The zero-order chi connectivity index (χ0) is 19.9. The number of carbonyl (C=O) groups excluding carboxylic acids is 2. The van der Waals surface area contributed by atoms with Crippen molar-refractivity contribution >= 4 is 51.2 Å². The third-order valence-electron chi connectivity index (χ3n) is 3.85. The number of nitrogens with one attached hydrogen (secondary N) is 2. The fourth-order valence-electron chi connectivity index (χ4n) is 2.42. The molecule has 0 fully saturated rings. The van der Waals surface area contributed by atoms with E-state index in [1.54, 1.807) is 30.7 Å². The molecule has 1 aromatic carbocycles. The number of rotatable bonds is 8. The van der Waals surface area contributed by atoms with Crippen LogP contribution in [0.5, 0.6) is 5.75 Å². The van der Waals surface area contributed by atoms with Crippen LogP contribution >= 0.6 is 34.3 Å². The molecule has 3 rings (SSSR count). The maximum absolute atomic E-state index is 12.1. The third kappa shape index (κ3) is 5.31. The molecule has 0 aliphatic rings. The first kappa shape index (κ1) is 20.3. The Bertz CT molecular complexity index is 957. The summed E-state index contributed by atoms with van der Waals surface area (Å²) in [7, 11) is 1.56. The summed E-state index contributed by atoms with van der Waals surface area (Å²) in [5, 5.41) is 12.1. The predicted octanol–water partition coefficient (Wildman–Crippen LogP) is 4.68. The molecule has 2 N–H and O–H groups in total. The Morgan fingerprint density at radius 1 is 1.25 bits per heavy atom. The molecule has 2 heterocycles. The van der Waals surface area contributed by atoms with E-state index in [4.69, 9.17) is 16.3 Å². The van der Waals surface area contributed by atoms with Gasteiger partial charge in [0.2, 0.25) is 5.91 Å². The molecule has 146 valence electrons. The minimum Gasteiger partial charge on any atom is -0.495 e. The smallest absolute Gasteiger partial charge is 0.252 e. The van der Waals surface area contributed by atoms with Crippen LogP contribution in [-0.2, 0) is 4.79 Å². The highest BCUT2D eigenvalue weighted by atomic mass is 35.5. The number of methoxy groups -OCH3 is 1. The summed E-state index contributed by atoms with van der Waals surface area (Å²) in [5.74, 6) is 0.336. The lowest BCUT2D eigenvalue weighted by Crippen LogP contribution is -2.25. The Morgan fingerprint density at radius 3 is 2.82 bits per heavy atom. The minimum absolute atomic E-state index is 0.121. The van der Waals surface area contributed by atoms with Crippen LogP contribution in [0.15, 0.2) is 40.4 Å². The number of aromatic nitrogens is 1. The van der Waals surface area contributed by atoms with Crippen LogP contribution in [-0.4, -0.2) is 30.5 Å². The number of ether oxygens (including phenoxy) is 1. The Kier molecular flexibility index (Phi) is 7.02. The van der Waals surface area contributed by atoms with Crippen molar-refractivity contribution in [1.29, 1.82) is 0 Å². The maximum Gasteiger partial charge on any atom is 0.252 e. The van der Waals surface area contributed by atoms with Gasteiger partial charge < -0.3 is 15.4 Å². The molecule has 28 heavy (non-hydrogen) atoms. The van der Waals surface area contributed by atoms with Crippen molar-refractivity contribution in [3.63, 3.8) is 0 Å². The average Bonchev–Trinajstić information content (AvgIpc) is 3.37. The van der Waals surface area contributed by atoms with E-state index in [2.05, 4.69) is 15.6 Å². The number of hydrogen-bond donors (Lipinski definition) is 2. The van der Waals surface area contributed by atoms with Gasteiger partial charge in [-0.25, -0.2) is 4.98 Å². The number of nitrogens with zero attached hydrogens (tertiary/aromatic N) is 1. The number of thiazole rings is 1. The van der Waals surface area contributed by atoms with Gasteiger partial charge in [-0.05, 0) is 36.1 Å². The van der Waals surface area contributed by atoms with Crippen molar-refractivity contribution < 1.29 is 14.3 Å². The van der Waals surface area contributed by atoms with Gasteiger partial charge in [0.1, 0.15) is 5.75 Å². The molecule has 0 aliphatic carbocycles. The molecule has 2 aromatic heterocycles. The summed E-state index contributed by atoms with van der Waals surface area (Å²) in [5.41, 5.74) is 2.22. The highest BCUT2D eigenvalue weighted by molar-refractivity contribution is 7.14. The molecule has 0 spiro atoms. The van der Waals surface area contributed by atoms with Crippen LogP contribution in [0.25, 0.3) is 11.3 Å². The predicted molar refractivity (Wildman–Crippen MR) is 114 cm³/mol. The summed E-state index contributed by atoms with van der Waals surface area (Å²) >= 11 is 8.96. The number of benzene rings is 1. The van der Waals surface area contributed by atoms with Gasteiger partial charge in [0, 0.05) is 34.9 Å². The zero-order valence-electron chi connectivity index (χ0n) is 15.0. The second kappa shape index (κ2) is 9.68. The van der Waals surface area contributed by atoms with Gasteiger partial charge in [-0.15, -0.1) is 11.3 Å². The van der Waals surface area contributed by atoms with E-state index in [1.807, 2.05) is 16.8 Å². The van der Waals surface area contributed by atoms with E-state index in [0.29, 0.717) is 40.9 Å². The molecule has 0 radical (unpaired) electrons. The SMILES string of the molecule is COc1ccc(-c2csc(NC(=O)CCCNC(=O)c3ccsc3)n2)cc1Cl. The number of thiophene rings is 1. The van der Waals surface area contributed by atoms with E-state index in [9.17, 15) is 9.59 Å². The van der Waals surface area contributed by atoms with Gasteiger partial charge >= 0.3 is 0 Å². The Labute approximate surface area is 175 Å². The molecule has 2 amide bonds. The normalized spacial score (nSPS) is 10.5. The summed E-state index contributed by atoms with van der Waals surface area (Å²) < 4.78 is 5.14. The van der Waals surface area contributed by atoms with Crippen molar-refractivity contribution in [2.75, 3.05) is 19.0 Å². The standard InChI is InChI=1S/C19H18ClN3O3S2/c1-26-16-5-4-12(9-14(16)20)15-11-28-19(22-15)23-17(24)3-2-7-21-18(25)13-6-8-27-10-13/h4-6,8-11H,2-3,7H2,1H3,(H,21,25)(H,22,23,24). The van der Waals surface area contributed by atoms with Crippen molar-refractivity contribution in [3.05, 3.63) is 51.0 Å². The molecule has 0 saturated carbocycles. The molecule has 9 heteroatoms. The maximum atomic E-state index is 12.1. The van der Waals surface area contributed by atoms with Crippen molar-refractivity contribution in [1.82, 2.24) is 10.3 Å². The van der Waals surface area contributed by atoms with Crippen molar-refractivity contribution in [3.8, 4) is 17.0 Å². The number of hydrogen-bond acceptors (Lipinski definition) is 6. The van der Waals surface area contributed by atoms with Gasteiger partial charge in [-0.3, -0.25) is 9.59 Å². The molecular formula is C19H18ClN3O3S2. The molecule has 0 saturated heterocycles. The van der Waals surface area contributed by atoms with Gasteiger partial charge in [0.05, 0.1) is 17.8 Å². The fourth-order valence-corrected chi connectivity index (χ4v) is 4.05. The van der Waals surface area contributed by atoms with Crippen LogP contribution in [0.4, 0.5) is 5.13 Å². The Morgan fingerprint density at radius 2 is 2.11 bits per heavy atom. The first-order chi connectivity index (χ1) is 13.6. The van der Waals surface area contributed by atoms with E-state index in [0.717, 1.165) is 11.3 Å². The van der Waals surface area contributed by atoms with Gasteiger partial charge in [-0.1, -0.05) is 11.6 Å². The van der Waals surface area contributed by atoms with Crippen LogP contribution < -0.4 is 15.4 Å². The lowest BCUT2D eigenvalue weighted by Gasteiger charge is -2.05. The zero-order valence-corrected chi connectivity index (χ0v) is 17.4. The second-order valence-corrected chi connectivity index (χ2v) is 7.85. The van der Waals surface area contributed by atoms with Crippen molar-refractivity contribution in [2.45, 2.75) is 12.8 Å². The summed E-state index contributed by atoms with van der Waals surface area (Å²) in [6.45, 7) is 0.440. The van der Waals surface area contributed by atoms with Crippen LogP contribution in [0.1, 0.15) is 23.2 Å². The largest absolute Gasteiger partial charge is 0.495 e. The molecule has 0 bridgehead atoms. The molecule has 3 aromatic rings. The van der Waals surface area contributed by atoms with Crippen LogP contribution in [0, 0.1) is 0 Å². The quantitative estimate of drug-likeness (QED) is 0.503. The lowest BCUT2D eigenvalue weighted by molar-refractivity contribution is -0.116. The van der Waals surface area contributed by atoms with Crippen molar-refractivity contribution in [2.24, 2.45) is 0 Å². The molecule has 0 unspecified atom stereocenters. The number of anilines is 1. The summed E-state index contributed by atoms with van der Waals surface area (Å²) in [4.78, 5) is 28.3. The summed E-state index contributed by atoms with van der Waals surface area (Å²) in [6, 6.07) is 7.18. The highest BCUT2D eigenvalue weighted by Crippen LogP contribution is 2.31. The first-order valence-electron chi connectivity index (χ1n) is 8.46. The Balaban J connectivity index is 1.46. The van der Waals surface area contributed by atoms with E-state index in [-0.39, 0.29) is 11.8 Å². The van der Waals surface area contributed by atoms with E-state index < -0.39 is 0 Å².